The van der Waals surface area contributed by atoms with Crippen LogP contribution in [0.15, 0.2) is 0 Å². The highest BCUT2D eigenvalue weighted by atomic mass is 16.1. The van der Waals surface area contributed by atoms with Crippen molar-refractivity contribution in [2.75, 3.05) is 0 Å². The highest BCUT2D eigenvalue weighted by molar-refractivity contribution is 5.76. The molecule has 1 amide bonds. The number of hydrogen-bond acceptors (Lipinski definition) is 1. The van der Waals surface area contributed by atoms with Crippen LogP contribution in [0.4, 0.5) is 0 Å². The fourth-order valence-corrected chi connectivity index (χ4v) is 2.22. The van der Waals surface area contributed by atoms with Gasteiger partial charge in [-0.2, -0.15) is 0 Å². The Hall–Kier alpha value is -0.970. The Morgan fingerprint density at radius 2 is 2.13 bits per heavy atom. The van der Waals surface area contributed by atoms with Gasteiger partial charge in [0.15, 0.2) is 0 Å². The summed E-state index contributed by atoms with van der Waals surface area (Å²) in [7, 11) is 0. The Kier molecular flexibility index (Phi) is 5.25. The monoisotopic (exact) mass is 207 g/mol. The van der Waals surface area contributed by atoms with Crippen molar-refractivity contribution in [2.24, 2.45) is 5.92 Å². The number of nitrogens with one attached hydrogen (secondary N) is 1. The summed E-state index contributed by atoms with van der Waals surface area (Å²) in [6.07, 6.45) is 12.9. The average molecular weight is 207 g/mol. The van der Waals surface area contributed by atoms with Crippen LogP contribution in [0.25, 0.3) is 0 Å². The molecule has 2 heteroatoms. The van der Waals surface area contributed by atoms with Gasteiger partial charge in [-0.25, -0.2) is 0 Å². The van der Waals surface area contributed by atoms with Crippen molar-refractivity contribution in [1.29, 1.82) is 0 Å². The van der Waals surface area contributed by atoms with Crippen molar-refractivity contribution in [2.45, 2.75) is 57.9 Å². The lowest BCUT2D eigenvalue weighted by Crippen LogP contribution is -2.33. The lowest BCUT2D eigenvalue weighted by molar-refractivity contribution is -0.122. The molecule has 2 nitrogen and oxygen atoms in total. The van der Waals surface area contributed by atoms with Gasteiger partial charge >= 0.3 is 0 Å². The van der Waals surface area contributed by atoms with Gasteiger partial charge in [0.1, 0.15) is 0 Å². The van der Waals surface area contributed by atoms with E-state index in [0.29, 0.717) is 18.8 Å². The molecular formula is C13H21NO. The largest absolute Gasteiger partial charge is 0.353 e. The summed E-state index contributed by atoms with van der Waals surface area (Å²) in [6.45, 7) is 1.96. The van der Waals surface area contributed by atoms with Gasteiger partial charge in [0, 0.05) is 18.9 Å². The molecule has 84 valence electrons. The van der Waals surface area contributed by atoms with Gasteiger partial charge < -0.3 is 5.32 Å². The topological polar surface area (TPSA) is 29.1 Å². The third-order valence-corrected chi connectivity index (χ3v) is 3.03. The van der Waals surface area contributed by atoms with Gasteiger partial charge in [-0.05, 0) is 25.7 Å². The van der Waals surface area contributed by atoms with Crippen LogP contribution in [0.1, 0.15) is 51.9 Å². The van der Waals surface area contributed by atoms with Gasteiger partial charge in [0.2, 0.25) is 5.91 Å². The Morgan fingerprint density at radius 1 is 1.47 bits per heavy atom. The van der Waals surface area contributed by atoms with Crippen LogP contribution >= 0.6 is 0 Å². The molecule has 0 radical (unpaired) electrons. The summed E-state index contributed by atoms with van der Waals surface area (Å²) < 4.78 is 0. The number of rotatable bonds is 4. The zero-order valence-electron chi connectivity index (χ0n) is 9.59. The molecule has 1 N–H and O–H groups in total. The molecule has 0 bridgehead atoms. The molecule has 1 atom stereocenters. The molecule has 0 aromatic heterocycles. The molecule has 1 aliphatic rings. The number of terminal acetylenes is 1. The molecule has 0 aliphatic heterocycles. The first-order valence-corrected chi connectivity index (χ1v) is 5.95. The van der Waals surface area contributed by atoms with Crippen LogP contribution in [0.5, 0.6) is 0 Å². The van der Waals surface area contributed by atoms with E-state index >= 15 is 0 Å². The summed E-state index contributed by atoms with van der Waals surface area (Å²) in [5, 5.41) is 2.95. The highest BCUT2D eigenvalue weighted by Gasteiger charge is 2.17. The van der Waals surface area contributed by atoms with Crippen LogP contribution in [0, 0.1) is 18.3 Å². The minimum atomic E-state index is 0.117. The van der Waals surface area contributed by atoms with Gasteiger partial charge in [-0.15, -0.1) is 12.3 Å². The molecular weight excluding hydrogens is 186 g/mol. The Bertz CT molecular complexity index is 235. The summed E-state index contributed by atoms with van der Waals surface area (Å²) in [6, 6.07) is 0.117. The van der Waals surface area contributed by atoms with Crippen molar-refractivity contribution in [3.63, 3.8) is 0 Å². The third-order valence-electron chi connectivity index (χ3n) is 3.03. The molecule has 0 heterocycles. The molecule has 0 aromatic carbocycles. The van der Waals surface area contributed by atoms with Gasteiger partial charge in [0.25, 0.3) is 0 Å². The van der Waals surface area contributed by atoms with Crippen molar-refractivity contribution < 1.29 is 4.79 Å². The van der Waals surface area contributed by atoms with Crippen molar-refractivity contribution in [1.82, 2.24) is 5.32 Å². The van der Waals surface area contributed by atoms with E-state index in [9.17, 15) is 4.79 Å². The third kappa shape index (κ3) is 4.88. The van der Waals surface area contributed by atoms with Gasteiger partial charge in [-0.1, -0.05) is 19.3 Å². The second-order valence-corrected chi connectivity index (χ2v) is 4.58. The Labute approximate surface area is 92.8 Å². The van der Waals surface area contributed by atoms with E-state index in [1.54, 1.807) is 0 Å². The Morgan fingerprint density at radius 3 is 2.73 bits per heavy atom. The Balaban J connectivity index is 2.20. The number of carbonyl (C=O) groups excluding carboxylic acids is 1. The molecule has 0 spiro atoms. The quantitative estimate of drug-likeness (QED) is 0.705. The van der Waals surface area contributed by atoms with E-state index < -0.39 is 0 Å². The van der Waals surface area contributed by atoms with Crippen LogP contribution in [-0.4, -0.2) is 11.9 Å². The van der Waals surface area contributed by atoms with E-state index in [2.05, 4.69) is 11.2 Å². The van der Waals surface area contributed by atoms with Crippen LogP contribution in [0.2, 0.25) is 0 Å². The van der Waals surface area contributed by atoms with Crippen molar-refractivity contribution in [3.8, 4) is 12.3 Å². The SMILES string of the molecule is C#CCC(C)NC(=O)CC1CCCCC1. The van der Waals surface area contributed by atoms with Crippen LogP contribution in [-0.2, 0) is 4.79 Å². The van der Waals surface area contributed by atoms with E-state index in [4.69, 9.17) is 6.42 Å². The van der Waals surface area contributed by atoms with E-state index in [1.807, 2.05) is 6.92 Å². The first kappa shape index (κ1) is 12.1. The van der Waals surface area contributed by atoms with Crippen molar-refractivity contribution in [3.05, 3.63) is 0 Å². The maximum Gasteiger partial charge on any atom is 0.220 e. The maximum absolute atomic E-state index is 11.6. The van der Waals surface area contributed by atoms with Crippen LogP contribution < -0.4 is 5.32 Å². The molecule has 0 saturated heterocycles. The maximum atomic E-state index is 11.6. The second kappa shape index (κ2) is 6.50. The summed E-state index contributed by atoms with van der Waals surface area (Å²) in [4.78, 5) is 11.6. The fraction of sp³-hybridized carbons (Fsp3) is 0.769. The molecule has 1 rings (SSSR count). The number of amides is 1. The fourth-order valence-electron chi connectivity index (χ4n) is 2.22. The average Bonchev–Trinajstić information content (AvgIpc) is 2.19. The minimum Gasteiger partial charge on any atom is -0.353 e. The smallest absolute Gasteiger partial charge is 0.220 e. The first-order valence-electron chi connectivity index (χ1n) is 5.95. The standard InChI is InChI=1S/C13H21NO/c1-3-7-11(2)14-13(15)10-12-8-5-4-6-9-12/h1,11-12H,4-10H2,2H3,(H,14,15). The van der Waals surface area contributed by atoms with Gasteiger partial charge in [-0.3, -0.25) is 4.79 Å². The highest BCUT2D eigenvalue weighted by Crippen LogP contribution is 2.26. The molecule has 1 fully saturated rings. The zero-order valence-corrected chi connectivity index (χ0v) is 9.59. The number of hydrogen-bond donors (Lipinski definition) is 1. The number of carbonyl (C=O) groups is 1. The van der Waals surface area contributed by atoms with E-state index in [1.165, 1.54) is 32.1 Å². The first-order chi connectivity index (χ1) is 7.22. The van der Waals surface area contributed by atoms with Crippen LogP contribution in [0.3, 0.4) is 0 Å². The summed E-state index contributed by atoms with van der Waals surface area (Å²) in [5.74, 6) is 3.34. The van der Waals surface area contributed by atoms with E-state index in [0.717, 1.165) is 0 Å². The molecule has 1 unspecified atom stereocenters. The molecule has 15 heavy (non-hydrogen) atoms. The lowest BCUT2D eigenvalue weighted by atomic mass is 9.87. The van der Waals surface area contributed by atoms with E-state index in [-0.39, 0.29) is 11.9 Å². The summed E-state index contributed by atoms with van der Waals surface area (Å²) in [5.41, 5.74) is 0. The predicted molar refractivity (Wildman–Crippen MR) is 62.2 cm³/mol. The molecule has 1 aliphatic carbocycles. The molecule has 1 saturated carbocycles. The predicted octanol–water partition coefficient (Wildman–Crippen LogP) is 2.48. The normalized spacial score (nSPS) is 19.2. The lowest BCUT2D eigenvalue weighted by Gasteiger charge is -2.21. The van der Waals surface area contributed by atoms with Gasteiger partial charge in [0.05, 0.1) is 0 Å². The minimum absolute atomic E-state index is 0.117. The zero-order chi connectivity index (χ0) is 11.1. The van der Waals surface area contributed by atoms with Crippen molar-refractivity contribution >= 4 is 5.91 Å². The summed E-state index contributed by atoms with van der Waals surface area (Å²) >= 11 is 0. The molecule has 0 aromatic rings. The second-order valence-electron chi connectivity index (χ2n) is 4.58.